The molecule has 2 aromatic rings. The second kappa shape index (κ2) is 26.9. The topological polar surface area (TPSA) is 209 Å². The van der Waals surface area contributed by atoms with Gasteiger partial charge >= 0.3 is 0 Å². The number of nitrogens with two attached hydrogens (primary N) is 2. The number of rotatable bonds is 21. The Labute approximate surface area is 370 Å². The molecule has 2 aliphatic carbocycles. The van der Waals surface area contributed by atoms with Crippen molar-refractivity contribution in [1.29, 1.82) is 0 Å². The molecule has 0 aliphatic heterocycles. The van der Waals surface area contributed by atoms with Gasteiger partial charge in [0.15, 0.2) is 0 Å². The molecule has 4 rings (SSSR count). The molecule has 0 unspecified atom stereocenters. The minimum Gasteiger partial charge on any atom is -0.388 e. The number of hydrogen-bond donors (Lipinski definition) is 8. The lowest BCUT2D eigenvalue weighted by atomic mass is 9.80. The van der Waals surface area contributed by atoms with Crippen molar-refractivity contribution < 1.29 is 29.4 Å². The van der Waals surface area contributed by atoms with Gasteiger partial charge in [0.25, 0.3) is 0 Å². The summed E-state index contributed by atoms with van der Waals surface area (Å²) >= 11 is 0. The van der Waals surface area contributed by atoms with Gasteiger partial charge in [-0.2, -0.15) is 0 Å². The Balaban J connectivity index is 0.00000620. The first-order chi connectivity index (χ1) is 27.7. The molecule has 14 heteroatoms. The zero-order valence-corrected chi connectivity index (χ0v) is 37.7. The van der Waals surface area contributed by atoms with Crippen LogP contribution >= 0.6 is 24.8 Å². The van der Waals surface area contributed by atoms with Gasteiger partial charge in [-0.15, -0.1) is 24.8 Å². The summed E-state index contributed by atoms with van der Waals surface area (Å²) in [7, 11) is 0. The molecule has 0 saturated heterocycles. The Kier molecular flexibility index (Phi) is 23.7. The van der Waals surface area contributed by atoms with E-state index in [2.05, 4.69) is 21.3 Å². The molecule has 4 amide bonds. The molecule has 0 bridgehead atoms. The van der Waals surface area contributed by atoms with Crippen LogP contribution in [0.15, 0.2) is 60.7 Å². The molecule has 338 valence electrons. The summed E-state index contributed by atoms with van der Waals surface area (Å²) in [6, 6.07) is 13.6. The maximum Gasteiger partial charge on any atom is 0.243 e. The van der Waals surface area contributed by atoms with Crippen molar-refractivity contribution in [3.8, 4) is 0 Å². The number of nitrogens with one attached hydrogen (secondary N) is 4. The van der Waals surface area contributed by atoms with E-state index in [-0.39, 0.29) is 48.5 Å². The molecule has 0 spiro atoms. The highest BCUT2D eigenvalue weighted by Gasteiger charge is 2.39. The summed E-state index contributed by atoms with van der Waals surface area (Å²) in [4.78, 5) is 54.8. The second-order valence-electron chi connectivity index (χ2n) is 17.7. The van der Waals surface area contributed by atoms with Crippen LogP contribution in [0.5, 0.6) is 0 Å². The third kappa shape index (κ3) is 16.9. The van der Waals surface area contributed by atoms with Crippen LogP contribution in [-0.2, 0) is 32.0 Å². The largest absolute Gasteiger partial charge is 0.388 e. The maximum atomic E-state index is 14.1. The molecule has 0 radical (unpaired) electrons. The molecule has 12 nitrogen and oxygen atoms in total. The van der Waals surface area contributed by atoms with Crippen LogP contribution in [0.1, 0.15) is 116 Å². The summed E-state index contributed by atoms with van der Waals surface area (Å²) < 4.78 is 0. The summed E-state index contributed by atoms with van der Waals surface area (Å²) in [5.41, 5.74) is 14.4. The van der Waals surface area contributed by atoms with Crippen molar-refractivity contribution in [3.05, 3.63) is 71.8 Å². The first kappa shape index (κ1) is 52.9. The highest BCUT2D eigenvalue weighted by Crippen LogP contribution is 2.31. The Hall–Kier alpha value is -3.26. The molecule has 0 heterocycles. The molecule has 10 N–H and O–H groups in total. The summed E-state index contributed by atoms with van der Waals surface area (Å²) in [5, 5.41) is 36.0. The van der Waals surface area contributed by atoms with Crippen LogP contribution in [0.2, 0.25) is 0 Å². The Morgan fingerprint density at radius 2 is 0.850 bits per heavy atom. The fourth-order valence-electron chi connectivity index (χ4n) is 8.66. The molecule has 8 atom stereocenters. The van der Waals surface area contributed by atoms with Crippen molar-refractivity contribution in [2.45, 2.75) is 166 Å². The fourth-order valence-corrected chi connectivity index (χ4v) is 8.66. The highest BCUT2D eigenvalue weighted by atomic mass is 35.5. The minimum atomic E-state index is -1.44. The third-order valence-corrected chi connectivity index (χ3v) is 12.2. The maximum absolute atomic E-state index is 14.1. The van der Waals surface area contributed by atoms with Crippen molar-refractivity contribution >= 4 is 48.4 Å². The zero-order valence-electron chi connectivity index (χ0n) is 36.1. The normalized spacial score (nSPS) is 18.9. The second-order valence-corrected chi connectivity index (χ2v) is 17.7. The van der Waals surface area contributed by atoms with Gasteiger partial charge < -0.3 is 42.9 Å². The van der Waals surface area contributed by atoms with Crippen LogP contribution < -0.4 is 32.7 Å². The smallest absolute Gasteiger partial charge is 0.243 e. The molecule has 2 aromatic carbocycles. The summed E-state index contributed by atoms with van der Waals surface area (Å²) in [5.74, 6) is -2.00. The average Bonchev–Trinajstić information content (AvgIpc) is 3.21. The number of hydrogen-bond acceptors (Lipinski definition) is 8. The lowest BCUT2D eigenvalue weighted by Crippen LogP contribution is -2.62. The number of benzene rings is 2. The summed E-state index contributed by atoms with van der Waals surface area (Å²) in [6.07, 6.45) is 8.84. The molecule has 60 heavy (non-hydrogen) atoms. The highest BCUT2D eigenvalue weighted by molar-refractivity contribution is 5.91. The molecular formula is C46H74Cl2N6O6. The van der Waals surface area contributed by atoms with E-state index in [1.54, 1.807) is 0 Å². The molecule has 0 aromatic heterocycles. The number of carbonyl (C=O) groups excluding carboxylic acids is 4. The van der Waals surface area contributed by atoms with E-state index >= 15 is 0 Å². The van der Waals surface area contributed by atoms with Gasteiger partial charge in [-0.3, -0.25) is 19.2 Å². The predicted molar refractivity (Wildman–Crippen MR) is 243 cm³/mol. The van der Waals surface area contributed by atoms with Crippen LogP contribution in [0.4, 0.5) is 0 Å². The van der Waals surface area contributed by atoms with Gasteiger partial charge in [0.05, 0.1) is 24.2 Å². The van der Waals surface area contributed by atoms with Crippen LogP contribution in [0.3, 0.4) is 0 Å². The number of aliphatic hydroxyl groups is 2. The third-order valence-electron chi connectivity index (χ3n) is 12.2. The average molecular weight is 878 g/mol. The van der Waals surface area contributed by atoms with Gasteiger partial charge in [-0.25, -0.2) is 0 Å². The van der Waals surface area contributed by atoms with Crippen LogP contribution in [0, 0.1) is 23.7 Å². The first-order valence-electron chi connectivity index (χ1n) is 21.9. The van der Waals surface area contributed by atoms with Crippen molar-refractivity contribution in [2.24, 2.45) is 35.1 Å². The lowest BCUT2D eigenvalue weighted by molar-refractivity contribution is -0.133. The summed E-state index contributed by atoms with van der Waals surface area (Å²) in [6.45, 7) is 7.34. The van der Waals surface area contributed by atoms with Gasteiger partial charge in [-0.1, -0.05) is 153 Å². The van der Waals surface area contributed by atoms with Gasteiger partial charge in [0.1, 0.15) is 24.3 Å². The number of aliphatic hydroxyl groups excluding tert-OH is 2. The molecule has 2 fully saturated rings. The molecule has 2 saturated carbocycles. The minimum absolute atomic E-state index is 0. The molecular weight excluding hydrogens is 803 g/mol. The van der Waals surface area contributed by atoms with Crippen molar-refractivity contribution in [2.75, 3.05) is 0 Å². The zero-order chi connectivity index (χ0) is 42.2. The number of amides is 4. The Morgan fingerprint density at radius 1 is 0.533 bits per heavy atom. The number of carbonyl (C=O) groups is 4. The quantitative estimate of drug-likeness (QED) is 0.0865. The van der Waals surface area contributed by atoms with Crippen LogP contribution in [0.25, 0.3) is 0 Å². The van der Waals surface area contributed by atoms with E-state index < -0.39 is 72.1 Å². The van der Waals surface area contributed by atoms with E-state index in [0.29, 0.717) is 25.7 Å². The van der Waals surface area contributed by atoms with Gasteiger partial charge in [0, 0.05) is 0 Å². The standard InChI is InChI=1S/C46H72N6O6.2ClH/c1-29(2)39(51-43(55)35(47)25-31-17-9-5-10-18-31)45(57)49-37(27-33-21-13-7-14-22-33)41(53)42(54)38(28-34-23-15-8-16-24-34)50-46(58)40(30(3)4)52-44(56)36(48)26-32-19-11-6-12-20-32;;/h5-6,9-12,17-20,29-30,33-42,53-54H,7-8,13-16,21-28,47-48H2,1-4H3,(H,49,57)(H,50,58)(H,51,55)(H,52,56);2*1H/t35-,36-,37-,38-,39-,40-,41+,42+;;/m0../s1. The van der Waals surface area contributed by atoms with E-state index in [1.807, 2.05) is 88.4 Å². The van der Waals surface area contributed by atoms with E-state index in [9.17, 15) is 29.4 Å². The monoisotopic (exact) mass is 877 g/mol. The van der Waals surface area contributed by atoms with Crippen LogP contribution in [-0.4, -0.2) is 82.3 Å². The lowest BCUT2D eigenvalue weighted by Gasteiger charge is -2.38. The van der Waals surface area contributed by atoms with E-state index in [4.69, 9.17) is 11.5 Å². The van der Waals surface area contributed by atoms with Gasteiger partial charge in [-0.05, 0) is 60.5 Å². The Morgan fingerprint density at radius 3 is 1.15 bits per heavy atom. The first-order valence-corrected chi connectivity index (χ1v) is 21.9. The SMILES string of the molecule is CC(C)[C@H](NC(=O)[C@@H](N)Cc1ccccc1)C(=O)N[C@@H](CC1CCCCC1)[C@@H](O)[C@H](O)[C@H](CC1CCCCC1)NC(=O)[C@@H](NC(=O)[C@@H](N)Cc1ccccc1)C(C)C.Cl.Cl. The fraction of sp³-hybridized carbons (Fsp3) is 0.652. The van der Waals surface area contributed by atoms with E-state index in [0.717, 1.165) is 75.3 Å². The van der Waals surface area contributed by atoms with Gasteiger partial charge in [0.2, 0.25) is 23.6 Å². The predicted octanol–water partition coefficient (Wildman–Crippen LogP) is 4.88. The van der Waals surface area contributed by atoms with Crippen molar-refractivity contribution in [3.63, 3.8) is 0 Å². The Bertz CT molecular complexity index is 1450. The molecule has 2 aliphatic rings. The van der Waals surface area contributed by atoms with E-state index in [1.165, 1.54) is 0 Å². The number of halogens is 2. The van der Waals surface area contributed by atoms with Crippen molar-refractivity contribution in [1.82, 2.24) is 21.3 Å².